The van der Waals surface area contributed by atoms with E-state index in [1.165, 1.54) is 11.8 Å². The monoisotopic (exact) mass is 391 g/mol. The fourth-order valence-corrected chi connectivity index (χ4v) is 3.29. The number of carbonyl (C=O) groups excluding carboxylic acids is 1. The fourth-order valence-electron chi connectivity index (χ4n) is 2.95. The molecule has 1 aliphatic heterocycles. The van der Waals surface area contributed by atoms with Crippen LogP contribution in [0.1, 0.15) is 26.0 Å². The van der Waals surface area contributed by atoms with Gasteiger partial charge in [0.2, 0.25) is 16.9 Å². The van der Waals surface area contributed by atoms with E-state index in [1.807, 2.05) is 44.1 Å². The first-order chi connectivity index (χ1) is 13.0. The average Bonchev–Trinajstić information content (AvgIpc) is 3.09. The molecule has 2 aromatic heterocycles. The Labute approximate surface area is 162 Å². The predicted octanol–water partition coefficient (Wildman–Crippen LogP) is 2.12. The van der Waals surface area contributed by atoms with E-state index in [1.54, 1.807) is 4.52 Å². The minimum atomic E-state index is -0.191. The van der Waals surface area contributed by atoms with Gasteiger partial charge in [-0.25, -0.2) is 4.98 Å². The van der Waals surface area contributed by atoms with Gasteiger partial charge in [0.25, 0.3) is 5.78 Å². The van der Waals surface area contributed by atoms with Crippen LogP contribution in [0.5, 0.6) is 5.88 Å². The second-order valence-corrected chi connectivity index (χ2v) is 7.17. The van der Waals surface area contributed by atoms with Crippen molar-refractivity contribution in [3.05, 3.63) is 23.4 Å². The zero-order valence-corrected chi connectivity index (χ0v) is 17.0. The zero-order chi connectivity index (χ0) is 19.4. The standard InChI is InChI=1S/C18H25N5O3S/c1-5-6-12(2)16(24)22-7-8-25-14(10-22)11-26-15-9-13(3)19-17-20-18(27-4)21-23(15)17/h6,9,14H,5,7-8,10-11H2,1-4H3/b12-6+. The lowest BCUT2D eigenvalue weighted by Crippen LogP contribution is -2.48. The SMILES string of the molecule is CC/C=C(\C)C(=O)N1CCOC(COc2cc(C)nc3nc(SC)nn23)C1. The summed E-state index contributed by atoms with van der Waals surface area (Å²) in [6, 6.07) is 1.83. The van der Waals surface area contributed by atoms with Crippen LogP contribution in [0, 0.1) is 6.92 Å². The van der Waals surface area contributed by atoms with Gasteiger partial charge in [-0.2, -0.15) is 9.50 Å². The summed E-state index contributed by atoms with van der Waals surface area (Å²) in [5, 5.41) is 5.03. The summed E-state index contributed by atoms with van der Waals surface area (Å²) in [4.78, 5) is 23.0. The molecule has 0 bridgehead atoms. The van der Waals surface area contributed by atoms with Crippen molar-refractivity contribution in [1.82, 2.24) is 24.5 Å². The normalized spacial score (nSPS) is 18.1. The van der Waals surface area contributed by atoms with Gasteiger partial charge in [-0.3, -0.25) is 4.79 Å². The van der Waals surface area contributed by atoms with E-state index in [-0.39, 0.29) is 12.0 Å². The number of nitrogens with zero attached hydrogens (tertiary/aromatic N) is 5. The number of carbonyl (C=O) groups is 1. The van der Waals surface area contributed by atoms with Crippen molar-refractivity contribution < 1.29 is 14.3 Å². The first-order valence-corrected chi connectivity index (χ1v) is 10.2. The van der Waals surface area contributed by atoms with Crippen LogP contribution >= 0.6 is 11.8 Å². The van der Waals surface area contributed by atoms with Gasteiger partial charge in [0.1, 0.15) is 12.7 Å². The van der Waals surface area contributed by atoms with Crippen molar-refractivity contribution in [2.75, 3.05) is 32.6 Å². The van der Waals surface area contributed by atoms with Gasteiger partial charge < -0.3 is 14.4 Å². The number of ether oxygens (including phenoxy) is 2. The Morgan fingerprint density at radius 3 is 3.04 bits per heavy atom. The molecule has 0 aliphatic carbocycles. The van der Waals surface area contributed by atoms with Crippen molar-refractivity contribution in [3.63, 3.8) is 0 Å². The molecule has 9 heteroatoms. The number of rotatable bonds is 6. The Hall–Kier alpha value is -2.13. The first-order valence-electron chi connectivity index (χ1n) is 9.00. The summed E-state index contributed by atoms with van der Waals surface area (Å²) in [5.41, 5.74) is 1.58. The quantitative estimate of drug-likeness (QED) is 0.551. The highest BCUT2D eigenvalue weighted by Crippen LogP contribution is 2.18. The number of amides is 1. The minimum absolute atomic E-state index is 0.0631. The minimum Gasteiger partial charge on any atom is -0.475 e. The third-order valence-electron chi connectivity index (χ3n) is 4.26. The van der Waals surface area contributed by atoms with Gasteiger partial charge in [-0.05, 0) is 26.5 Å². The molecule has 3 rings (SSSR count). The molecule has 1 unspecified atom stereocenters. The van der Waals surface area contributed by atoms with Crippen LogP contribution in [0.3, 0.4) is 0 Å². The highest BCUT2D eigenvalue weighted by atomic mass is 32.2. The Kier molecular flexibility index (Phi) is 6.33. The molecule has 146 valence electrons. The second kappa shape index (κ2) is 8.71. The largest absolute Gasteiger partial charge is 0.475 e. The fraction of sp³-hybridized carbons (Fsp3) is 0.556. The second-order valence-electron chi connectivity index (χ2n) is 6.40. The Morgan fingerprint density at radius 2 is 2.30 bits per heavy atom. The van der Waals surface area contributed by atoms with Crippen molar-refractivity contribution in [2.24, 2.45) is 0 Å². The maximum atomic E-state index is 12.5. The van der Waals surface area contributed by atoms with Crippen molar-refractivity contribution in [3.8, 4) is 5.88 Å². The highest BCUT2D eigenvalue weighted by molar-refractivity contribution is 7.98. The van der Waals surface area contributed by atoms with Crippen LogP contribution in [0.4, 0.5) is 0 Å². The molecule has 1 atom stereocenters. The van der Waals surface area contributed by atoms with Gasteiger partial charge in [-0.15, -0.1) is 5.10 Å². The molecular formula is C18H25N5O3S. The Morgan fingerprint density at radius 1 is 1.48 bits per heavy atom. The van der Waals surface area contributed by atoms with Crippen molar-refractivity contribution in [1.29, 1.82) is 0 Å². The molecule has 0 N–H and O–H groups in total. The van der Waals surface area contributed by atoms with Crippen LogP contribution in [0.25, 0.3) is 5.78 Å². The maximum Gasteiger partial charge on any atom is 0.256 e. The van der Waals surface area contributed by atoms with E-state index in [0.29, 0.717) is 43.1 Å². The lowest BCUT2D eigenvalue weighted by Gasteiger charge is -2.33. The van der Waals surface area contributed by atoms with E-state index >= 15 is 0 Å². The molecule has 8 nitrogen and oxygen atoms in total. The van der Waals surface area contributed by atoms with Gasteiger partial charge in [0.05, 0.1) is 13.2 Å². The van der Waals surface area contributed by atoms with Gasteiger partial charge in [0, 0.05) is 23.9 Å². The number of aryl methyl sites for hydroxylation is 1. The summed E-state index contributed by atoms with van der Waals surface area (Å²) in [5.74, 6) is 1.14. The Balaban J connectivity index is 1.68. The molecule has 1 aliphatic rings. The van der Waals surface area contributed by atoms with Crippen LogP contribution in [-0.2, 0) is 9.53 Å². The molecule has 1 saturated heterocycles. The third-order valence-corrected chi connectivity index (χ3v) is 4.80. The van der Waals surface area contributed by atoms with Crippen LogP contribution in [-0.4, -0.2) is 69.1 Å². The average molecular weight is 391 g/mol. The molecule has 0 radical (unpaired) electrons. The third kappa shape index (κ3) is 4.59. The number of morpholine rings is 1. The highest BCUT2D eigenvalue weighted by Gasteiger charge is 2.25. The van der Waals surface area contributed by atoms with Gasteiger partial charge in [-0.1, -0.05) is 24.8 Å². The topological polar surface area (TPSA) is 81.9 Å². The van der Waals surface area contributed by atoms with E-state index in [9.17, 15) is 4.79 Å². The molecule has 3 heterocycles. The lowest BCUT2D eigenvalue weighted by molar-refractivity contribution is -0.135. The summed E-state index contributed by atoms with van der Waals surface area (Å²) in [6.45, 7) is 7.71. The van der Waals surface area contributed by atoms with Crippen LogP contribution < -0.4 is 4.74 Å². The van der Waals surface area contributed by atoms with Crippen molar-refractivity contribution >= 4 is 23.4 Å². The summed E-state index contributed by atoms with van der Waals surface area (Å²) in [6.07, 6.45) is 4.53. The summed E-state index contributed by atoms with van der Waals surface area (Å²) >= 11 is 1.45. The van der Waals surface area contributed by atoms with E-state index in [0.717, 1.165) is 17.7 Å². The number of hydrogen-bond donors (Lipinski definition) is 0. The van der Waals surface area contributed by atoms with Crippen LogP contribution in [0.15, 0.2) is 22.9 Å². The summed E-state index contributed by atoms with van der Waals surface area (Å²) in [7, 11) is 0. The lowest BCUT2D eigenvalue weighted by atomic mass is 10.2. The molecule has 1 fully saturated rings. The zero-order valence-electron chi connectivity index (χ0n) is 16.1. The van der Waals surface area contributed by atoms with E-state index in [4.69, 9.17) is 9.47 Å². The first kappa shape index (κ1) is 19.6. The molecular weight excluding hydrogens is 366 g/mol. The number of aromatic nitrogens is 4. The van der Waals surface area contributed by atoms with Gasteiger partial charge >= 0.3 is 0 Å². The van der Waals surface area contributed by atoms with E-state index in [2.05, 4.69) is 15.1 Å². The van der Waals surface area contributed by atoms with Crippen LogP contribution in [0.2, 0.25) is 0 Å². The number of fused-ring (bicyclic) bond motifs is 1. The smallest absolute Gasteiger partial charge is 0.256 e. The molecule has 2 aromatic rings. The van der Waals surface area contributed by atoms with Gasteiger partial charge in [0.15, 0.2) is 0 Å². The molecule has 0 aromatic carbocycles. The number of hydrogen-bond acceptors (Lipinski definition) is 7. The molecule has 27 heavy (non-hydrogen) atoms. The number of allylic oxidation sites excluding steroid dienone is 1. The Bertz CT molecular complexity index is 851. The predicted molar refractivity (Wildman–Crippen MR) is 103 cm³/mol. The molecule has 0 saturated carbocycles. The van der Waals surface area contributed by atoms with E-state index < -0.39 is 0 Å². The molecule has 1 amide bonds. The summed E-state index contributed by atoms with van der Waals surface area (Å²) < 4.78 is 13.3. The maximum absolute atomic E-state index is 12.5. The van der Waals surface area contributed by atoms with Crippen molar-refractivity contribution in [2.45, 2.75) is 38.5 Å². The number of thioether (sulfide) groups is 1. The molecule has 0 spiro atoms.